The van der Waals surface area contributed by atoms with Crippen LogP contribution in [-0.4, -0.2) is 57.3 Å². The van der Waals surface area contributed by atoms with Crippen molar-refractivity contribution in [3.8, 4) is 0 Å². The number of imide groups is 1. The molecule has 8 heteroatoms. The van der Waals surface area contributed by atoms with E-state index in [1.54, 1.807) is 12.1 Å². The average Bonchev–Trinajstić information content (AvgIpc) is 3.08. The molecule has 0 saturated carbocycles. The Kier molecular flexibility index (Phi) is 3.85. The lowest BCUT2D eigenvalue weighted by atomic mass is 9.99. The Bertz CT molecular complexity index is 677. The summed E-state index contributed by atoms with van der Waals surface area (Å²) in [4.78, 5) is 48.8. The van der Waals surface area contributed by atoms with Gasteiger partial charge >= 0.3 is 5.97 Å². The first kappa shape index (κ1) is 15.5. The number of nitrogens with one attached hydrogen (secondary N) is 1. The van der Waals surface area contributed by atoms with Crippen LogP contribution in [0.4, 0.5) is 0 Å². The van der Waals surface area contributed by atoms with Crippen LogP contribution in [0.3, 0.4) is 0 Å². The number of amides is 3. The van der Waals surface area contributed by atoms with Crippen LogP contribution < -0.4 is 5.32 Å². The van der Waals surface area contributed by atoms with Gasteiger partial charge < -0.3 is 10.4 Å². The maximum atomic E-state index is 12.2. The van der Waals surface area contributed by atoms with Crippen molar-refractivity contribution < 1.29 is 24.3 Å². The summed E-state index contributed by atoms with van der Waals surface area (Å²) in [6, 6.07) is 6.34. The van der Waals surface area contributed by atoms with Gasteiger partial charge in [0, 0.05) is 5.75 Å². The molecule has 120 valence electrons. The number of hydrogen-bond acceptors (Lipinski definition) is 5. The van der Waals surface area contributed by atoms with Gasteiger partial charge in [-0.05, 0) is 24.3 Å². The molecule has 0 spiro atoms. The minimum absolute atomic E-state index is 0.259. The molecule has 0 bridgehead atoms. The van der Waals surface area contributed by atoms with Crippen LogP contribution >= 0.6 is 11.8 Å². The molecular formula is C15H14N2O5S. The monoisotopic (exact) mass is 334 g/mol. The van der Waals surface area contributed by atoms with E-state index < -0.39 is 35.8 Å². The number of carbonyl (C=O) groups excluding carboxylic acids is 3. The van der Waals surface area contributed by atoms with Crippen molar-refractivity contribution >= 4 is 35.5 Å². The van der Waals surface area contributed by atoms with E-state index in [0.717, 1.165) is 4.90 Å². The Hall–Kier alpha value is -2.35. The molecule has 0 aromatic heterocycles. The molecule has 1 aromatic carbocycles. The van der Waals surface area contributed by atoms with Gasteiger partial charge in [-0.1, -0.05) is 12.1 Å². The Morgan fingerprint density at radius 2 is 1.83 bits per heavy atom. The van der Waals surface area contributed by atoms with Crippen LogP contribution in [0, 0.1) is 0 Å². The predicted octanol–water partition coefficient (Wildman–Crippen LogP) is 0.359. The molecule has 3 rings (SSSR count). The summed E-state index contributed by atoms with van der Waals surface area (Å²) < 4.78 is 0. The van der Waals surface area contributed by atoms with E-state index in [0.29, 0.717) is 12.2 Å². The number of carbonyl (C=O) groups is 4. The highest BCUT2D eigenvalue weighted by atomic mass is 32.2. The summed E-state index contributed by atoms with van der Waals surface area (Å²) in [5.74, 6) is -1.91. The van der Waals surface area contributed by atoms with Crippen LogP contribution in [0.25, 0.3) is 0 Å². The number of nitrogens with zero attached hydrogens (tertiary/aromatic N) is 1. The second-order valence-electron chi connectivity index (χ2n) is 5.48. The zero-order chi connectivity index (χ0) is 16.6. The number of aliphatic carboxylic acids is 1. The van der Waals surface area contributed by atoms with Gasteiger partial charge in [-0.15, -0.1) is 0 Å². The van der Waals surface area contributed by atoms with Crippen LogP contribution in [0.5, 0.6) is 0 Å². The molecule has 1 aromatic rings. The molecule has 2 aliphatic rings. The third-order valence-electron chi connectivity index (χ3n) is 3.99. The molecule has 2 N–H and O–H groups in total. The minimum atomic E-state index is -1.32. The third-order valence-corrected chi connectivity index (χ3v) is 5.18. The van der Waals surface area contributed by atoms with Crippen molar-refractivity contribution in [3.63, 3.8) is 0 Å². The summed E-state index contributed by atoms with van der Waals surface area (Å²) in [6.07, 6.45) is 0.320. The summed E-state index contributed by atoms with van der Waals surface area (Å²) in [5.41, 5.74) is -0.801. The van der Waals surface area contributed by atoms with Crippen molar-refractivity contribution in [3.05, 3.63) is 35.4 Å². The average molecular weight is 334 g/mol. The zero-order valence-electron chi connectivity index (χ0n) is 12.1. The van der Waals surface area contributed by atoms with Crippen molar-refractivity contribution in [1.82, 2.24) is 10.2 Å². The van der Waals surface area contributed by atoms with Gasteiger partial charge in [0.1, 0.15) is 12.1 Å². The van der Waals surface area contributed by atoms with Crippen molar-refractivity contribution in [2.75, 3.05) is 18.1 Å². The van der Waals surface area contributed by atoms with Crippen LogP contribution in [-0.2, 0) is 9.59 Å². The summed E-state index contributed by atoms with van der Waals surface area (Å²) >= 11 is 1.44. The Morgan fingerprint density at radius 1 is 1.22 bits per heavy atom. The molecule has 1 fully saturated rings. The van der Waals surface area contributed by atoms with Gasteiger partial charge in [0.15, 0.2) is 0 Å². The predicted molar refractivity (Wildman–Crippen MR) is 82.3 cm³/mol. The van der Waals surface area contributed by atoms with E-state index in [4.69, 9.17) is 0 Å². The quantitative estimate of drug-likeness (QED) is 0.771. The molecule has 0 radical (unpaired) electrons. The lowest BCUT2D eigenvalue weighted by Crippen LogP contribution is -2.57. The highest BCUT2D eigenvalue weighted by Crippen LogP contribution is 2.28. The highest BCUT2D eigenvalue weighted by molar-refractivity contribution is 7.99. The van der Waals surface area contributed by atoms with E-state index in [-0.39, 0.29) is 16.9 Å². The highest BCUT2D eigenvalue weighted by Gasteiger charge is 2.44. The molecular weight excluding hydrogens is 320 g/mol. The Labute approximate surface area is 136 Å². The van der Waals surface area contributed by atoms with Crippen molar-refractivity contribution in [2.45, 2.75) is 12.0 Å². The minimum Gasteiger partial charge on any atom is -0.479 e. The van der Waals surface area contributed by atoms with E-state index >= 15 is 0 Å². The number of hydrogen-bond donors (Lipinski definition) is 2. The SMILES string of the molecule is O=C(CN1C(=O)c2ccccc2C1=O)NC1(C(=O)O)CCSC1. The fourth-order valence-electron chi connectivity index (χ4n) is 2.72. The van der Waals surface area contributed by atoms with Crippen LogP contribution in [0.1, 0.15) is 27.1 Å². The zero-order valence-corrected chi connectivity index (χ0v) is 12.9. The lowest BCUT2D eigenvalue weighted by molar-refractivity contribution is -0.146. The van der Waals surface area contributed by atoms with Gasteiger partial charge in [-0.3, -0.25) is 19.3 Å². The molecule has 1 unspecified atom stereocenters. The van der Waals surface area contributed by atoms with E-state index in [9.17, 15) is 24.3 Å². The van der Waals surface area contributed by atoms with Gasteiger partial charge in [0.25, 0.3) is 11.8 Å². The maximum absolute atomic E-state index is 12.2. The van der Waals surface area contributed by atoms with Crippen molar-refractivity contribution in [1.29, 1.82) is 0 Å². The van der Waals surface area contributed by atoms with Gasteiger partial charge in [0.05, 0.1) is 11.1 Å². The largest absolute Gasteiger partial charge is 0.479 e. The molecule has 2 aliphatic heterocycles. The summed E-state index contributed by atoms with van der Waals surface area (Å²) in [5, 5.41) is 11.8. The maximum Gasteiger partial charge on any atom is 0.330 e. The van der Waals surface area contributed by atoms with Crippen molar-refractivity contribution in [2.24, 2.45) is 0 Å². The fourth-order valence-corrected chi connectivity index (χ4v) is 4.04. The summed E-state index contributed by atoms with van der Waals surface area (Å²) in [6.45, 7) is -0.480. The van der Waals surface area contributed by atoms with E-state index in [2.05, 4.69) is 5.32 Å². The normalized spacial score (nSPS) is 23.0. The van der Waals surface area contributed by atoms with Gasteiger partial charge in [0.2, 0.25) is 5.91 Å². The first-order valence-corrected chi connectivity index (χ1v) is 8.17. The number of fused-ring (bicyclic) bond motifs is 1. The standard InChI is InChI=1S/C15H14N2O5S/c18-11(16-15(14(21)22)5-6-23-8-15)7-17-12(19)9-3-1-2-4-10(9)13(17)20/h1-4H,5-8H2,(H,16,18)(H,21,22). The Morgan fingerprint density at radius 3 is 2.30 bits per heavy atom. The first-order valence-electron chi connectivity index (χ1n) is 7.02. The number of rotatable bonds is 4. The molecule has 2 heterocycles. The number of carboxylic acids is 1. The fraction of sp³-hybridized carbons (Fsp3) is 0.333. The topological polar surface area (TPSA) is 104 Å². The molecule has 1 saturated heterocycles. The lowest BCUT2D eigenvalue weighted by Gasteiger charge is -2.25. The second-order valence-corrected chi connectivity index (χ2v) is 6.59. The second kappa shape index (κ2) is 5.69. The van der Waals surface area contributed by atoms with E-state index in [1.807, 2.05) is 0 Å². The molecule has 7 nitrogen and oxygen atoms in total. The number of thioether (sulfide) groups is 1. The number of carboxylic acid groups (broad SMARTS) is 1. The van der Waals surface area contributed by atoms with Crippen LogP contribution in [0.2, 0.25) is 0 Å². The molecule has 0 aliphatic carbocycles. The first-order chi connectivity index (χ1) is 10.9. The van der Waals surface area contributed by atoms with Gasteiger partial charge in [-0.2, -0.15) is 11.8 Å². The third kappa shape index (κ3) is 2.59. The smallest absolute Gasteiger partial charge is 0.330 e. The van der Waals surface area contributed by atoms with E-state index in [1.165, 1.54) is 23.9 Å². The van der Waals surface area contributed by atoms with Gasteiger partial charge in [-0.25, -0.2) is 4.79 Å². The molecule has 1 atom stereocenters. The van der Waals surface area contributed by atoms with Crippen LogP contribution in [0.15, 0.2) is 24.3 Å². The molecule has 23 heavy (non-hydrogen) atoms. The number of benzene rings is 1. The Balaban J connectivity index is 1.73. The molecule has 3 amide bonds. The summed E-state index contributed by atoms with van der Waals surface area (Å²) in [7, 11) is 0.